The van der Waals surface area contributed by atoms with E-state index >= 15 is 0 Å². The van der Waals surface area contributed by atoms with Gasteiger partial charge in [0.1, 0.15) is 0 Å². The lowest BCUT2D eigenvalue weighted by Crippen LogP contribution is -1.88. The fourth-order valence-electron chi connectivity index (χ4n) is 5.41. The molecule has 0 spiro atoms. The number of rotatable bonds is 4. The standard InChI is InChI=1S/C31H32N6O2/c1-7-21-17(4)25-13-26-22(8-2)18(5)30(35-26)15-32-24-11-10-20(37(38)39)12-29(24)33-16-31-19(6)23(9-3)28(36-31)14-27(21)34-25/h10-16,35H,7-9H2,1-6H3. The first kappa shape index (κ1) is 26.2. The number of nitro benzene ring substituents is 1. The minimum absolute atomic E-state index is 0.0380. The summed E-state index contributed by atoms with van der Waals surface area (Å²) in [7, 11) is 0. The van der Waals surface area contributed by atoms with Gasteiger partial charge in [-0.25, -0.2) is 9.97 Å². The number of aromatic amines is 1. The molecule has 5 rings (SSSR count). The molecule has 2 aromatic heterocycles. The van der Waals surface area contributed by atoms with Crippen molar-refractivity contribution in [2.45, 2.75) is 60.8 Å². The zero-order chi connectivity index (χ0) is 27.8. The van der Waals surface area contributed by atoms with Gasteiger partial charge in [0.05, 0.1) is 56.6 Å². The first-order valence-electron chi connectivity index (χ1n) is 13.3. The van der Waals surface area contributed by atoms with Crippen LogP contribution in [0.5, 0.6) is 0 Å². The van der Waals surface area contributed by atoms with Crippen molar-refractivity contribution < 1.29 is 4.92 Å². The molecule has 0 saturated heterocycles. The van der Waals surface area contributed by atoms with Gasteiger partial charge in [-0.2, -0.15) is 0 Å². The molecule has 8 heteroatoms. The minimum atomic E-state index is -0.421. The fraction of sp³-hybridized carbons (Fsp3) is 0.290. The molecule has 0 saturated carbocycles. The van der Waals surface area contributed by atoms with Crippen LogP contribution in [0.3, 0.4) is 0 Å². The molecule has 1 N–H and O–H groups in total. The average molecular weight is 521 g/mol. The van der Waals surface area contributed by atoms with E-state index in [1.807, 2.05) is 6.92 Å². The lowest BCUT2D eigenvalue weighted by molar-refractivity contribution is -0.384. The molecule has 0 fully saturated rings. The summed E-state index contributed by atoms with van der Waals surface area (Å²) in [4.78, 5) is 33.9. The van der Waals surface area contributed by atoms with Crippen LogP contribution in [-0.2, 0) is 6.42 Å². The quantitative estimate of drug-likeness (QED) is 0.277. The Kier molecular flexibility index (Phi) is 6.95. The number of H-pyrrole nitrogens is 1. The molecule has 0 unspecified atom stereocenters. The number of allylic oxidation sites excluding steroid dienone is 4. The van der Waals surface area contributed by atoms with E-state index < -0.39 is 4.92 Å². The van der Waals surface area contributed by atoms with Crippen molar-refractivity contribution in [3.8, 4) is 0 Å². The Hall–Kier alpha value is -4.46. The predicted octanol–water partition coefficient (Wildman–Crippen LogP) is 7.80. The molecule has 3 aromatic rings. The number of hydrogen-bond donors (Lipinski definition) is 1. The average Bonchev–Trinajstić information content (AvgIpc) is 3.50. The molecule has 0 aliphatic carbocycles. The van der Waals surface area contributed by atoms with E-state index in [0.29, 0.717) is 11.0 Å². The van der Waals surface area contributed by atoms with Gasteiger partial charge in [-0.3, -0.25) is 20.1 Å². The molecule has 2 aliphatic rings. The van der Waals surface area contributed by atoms with Crippen LogP contribution in [0, 0.1) is 17.0 Å². The Morgan fingerprint density at radius 2 is 1.38 bits per heavy atom. The highest BCUT2D eigenvalue weighted by Crippen LogP contribution is 2.36. The van der Waals surface area contributed by atoms with Gasteiger partial charge in [0.2, 0.25) is 0 Å². The Labute approximate surface area is 227 Å². The van der Waals surface area contributed by atoms with Gasteiger partial charge in [0.25, 0.3) is 5.69 Å². The summed E-state index contributed by atoms with van der Waals surface area (Å²) in [6.45, 7) is 12.7. The Bertz CT molecular complexity index is 1780. The third-order valence-corrected chi connectivity index (χ3v) is 7.67. The Balaban J connectivity index is 1.95. The van der Waals surface area contributed by atoms with Crippen LogP contribution in [-0.4, -0.2) is 29.8 Å². The first-order chi connectivity index (χ1) is 18.7. The number of non-ortho nitro benzene ring substituents is 1. The minimum Gasteiger partial charge on any atom is -0.354 e. The summed E-state index contributed by atoms with van der Waals surface area (Å²) in [5, 5.41) is 11.5. The molecule has 39 heavy (non-hydrogen) atoms. The lowest BCUT2D eigenvalue weighted by atomic mass is 10.0. The van der Waals surface area contributed by atoms with Crippen molar-refractivity contribution in [3.63, 3.8) is 0 Å². The van der Waals surface area contributed by atoms with Crippen molar-refractivity contribution in [3.05, 3.63) is 86.7 Å². The maximum atomic E-state index is 11.5. The number of nitrogens with one attached hydrogen (secondary N) is 1. The van der Waals surface area contributed by atoms with E-state index in [1.165, 1.54) is 28.8 Å². The third kappa shape index (κ3) is 4.67. The Morgan fingerprint density at radius 1 is 0.744 bits per heavy atom. The number of aromatic nitrogens is 5. The highest BCUT2D eigenvalue weighted by atomic mass is 16.6. The van der Waals surface area contributed by atoms with Crippen LogP contribution in [0.25, 0.3) is 44.4 Å². The number of nitro groups is 1. The Morgan fingerprint density at radius 3 is 2.03 bits per heavy atom. The van der Waals surface area contributed by atoms with Gasteiger partial charge in [-0.15, -0.1) is 0 Å². The van der Waals surface area contributed by atoms with Crippen molar-refractivity contribution >= 4 is 50.0 Å². The summed E-state index contributed by atoms with van der Waals surface area (Å²) in [6.07, 6.45) is 5.99. The van der Waals surface area contributed by atoms with Crippen molar-refractivity contribution in [1.82, 2.24) is 24.9 Å². The van der Waals surface area contributed by atoms with Gasteiger partial charge in [-0.1, -0.05) is 20.8 Å². The van der Waals surface area contributed by atoms with Crippen LogP contribution in [0.4, 0.5) is 5.69 Å². The molecule has 0 atom stereocenters. The maximum Gasteiger partial charge on any atom is 0.271 e. The van der Waals surface area contributed by atoms with Crippen LogP contribution >= 0.6 is 0 Å². The van der Waals surface area contributed by atoms with Crippen LogP contribution in [0.15, 0.2) is 42.7 Å². The zero-order valence-corrected chi connectivity index (χ0v) is 23.2. The molecule has 6 bridgehead atoms. The lowest BCUT2D eigenvalue weighted by Gasteiger charge is -2.02. The fourth-order valence-corrected chi connectivity index (χ4v) is 5.41. The molecular weight excluding hydrogens is 488 g/mol. The molecule has 4 heterocycles. The number of aryl methyl sites for hydroxylation is 2. The van der Waals surface area contributed by atoms with Gasteiger partial charge < -0.3 is 4.98 Å². The van der Waals surface area contributed by atoms with Crippen LogP contribution in [0.2, 0.25) is 0 Å². The van der Waals surface area contributed by atoms with E-state index in [0.717, 1.165) is 69.8 Å². The van der Waals surface area contributed by atoms with Crippen LogP contribution in [0.1, 0.15) is 81.4 Å². The second-order valence-electron chi connectivity index (χ2n) is 9.82. The summed E-state index contributed by atoms with van der Waals surface area (Å²) >= 11 is 0. The summed E-state index contributed by atoms with van der Waals surface area (Å²) in [5.41, 5.74) is 13.2. The highest BCUT2D eigenvalue weighted by Gasteiger charge is 2.20. The summed E-state index contributed by atoms with van der Waals surface area (Å²) in [6, 6.07) is 8.75. The van der Waals surface area contributed by atoms with Crippen molar-refractivity contribution in [1.29, 1.82) is 0 Å². The maximum absolute atomic E-state index is 11.5. The number of benzene rings is 1. The normalized spacial score (nSPS) is 13.2. The second kappa shape index (κ2) is 10.4. The van der Waals surface area contributed by atoms with E-state index in [1.54, 1.807) is 18.5 Å². The van der Waals surface area contributed by atoms with Crippen molar-refractivity contribution in [2.75, 3.05) is 0 Å². The molecule has 0 amide bonds. The first-order valence-corrected chi connectivity index (χ1v) is 13.3. The van der Waals surface area contributed by atoms with Gasteiger partial charge in [0, 0.05) is 17.6 Å². The summed E-state index contributed by atoms with van der Waals surface area (Å²) in [5.74, 6) is 0. The van der Waals surface area contributed by atoms with Gasteiger partial charge in [-0.05, 0) is 91.7 Å². The van der Waals surface area contributed by atoms with E-state index in [4.69, 9.17) is 15.0 Å². The summed E-state index contributed by atoms with van der Waals surface area (Å²) < 4.78 is 0. The predicted molar refractivity (Wildman–Crippen MR) is 157 cm³/mol. The number of fused-ring (bicyclic) bond motifs is 7. The van der Waals surface area contributed by atoms with Crippen LogP contribution < -0.4 is 0 Å². The smallest absolute Gasteiger partial charge is 0.271 e. The molecule has 8 nitrogen and oxygen atoms in total. The van der Waals surface area contributed by atoms with E-state index in [9.17, 15) is 10.1 Å². The molecule has 198 valence electrons. The van der Waals surface area contributed by atoms with Gasteiger partial charge in [0.15, 0.2) is 0 Å². The molecule has 2 aliphatic heterocycles. The third-order valence-electron chi connectivity index (χ3n) is 7.67. The SMILES string of the molecule is CCC1=C(C)c2cnc3cc([N+](=O)[O-])ccc3ncc3[nH]c(cc4nc(cc1n2)C(CC)=C4C)c(CC)c3C. The topological polar surface area (TPSA) is 110 Å². The molecule has 1 aromatic carbocycles. The second-order valence-corrected chi connectivity index (χ2v) is 9.82. The zero-order valence-electron chi connectivity index (χ0n) is 23.2. The monoisotopic (exact) mass is 520 g/mol. The van der Waals surface area contributed by atoms with E-state index in [2.05, 4.69) is 56.7 Å². The largest absolute Gasteiger partial charge is 0.354 e. The number of nitrogens with zero attached hydrogens (tertiary/aromatic N) is 5. The molecule has 0 radical (unpaired) electrons. The van der Waals surface area contributed by atoms with E-state index in [-0.39, 0.29) is 5.69 Å². The molecular formula is C31H32N6O2. The highest BCUT2D eigenvalue weighted by molar-refractivity contribution is 5.94. The van der Waals surface area contributed by atoms with Crippen molar-refractivity contribution in [2.24, 2.45) is 0 Å². The van der Waals surface area contributed by atoms with Gasteiger partial charge >= 0.3 is 0 Å². The number of hydrogen-bond acceptors (Lipinski definition) is 6.